The summed E-state index contributed by atoms with van der Waals surface area (Å²) in [5.74, 6) is 0.783. The lowest BCUT2D eigenvalue weighted by molar-refractivity contribution is 0.0158. The van der Waals surface area contributed by atoms with E-state index in [0.717, 1.165) is 5.82 Å². The fourth-order valence-electron chi connectivity index (χ4n) is 2.26. The number of halogens is 1. The molecule has 21 heavy (non-hydrogen) atoms. The topological polar surface area (TPSA) is 58.6 Å². The summed E-state index contributed by atoms with van der Waals surface area (Å²) in [6.07, 6.45) is 1.37. The zero-order valence-electron chi connectivity index (χ0n) is 12.8. The van der Waals surface area contributed by atoms with Gasteiger partial charge >= 0.3 is 6.09 Å². The Morgan fingerprint density at radius 3 is 2.71 bits per heavy atom. The van der Waals surface area contributed by atoms with Crippen molar-refractivity contribution in [3.63, 3.8) is 0 Å². The van der Waals surface area contributed by atoms with Crippen LogP contribution in [-0.4, -0.2) is 52.2 Å². The molecule has 0 saturated carbocycles. The highest BCUT2D eigenvalue weighted by Crippen LogP contribution is 2.20. The lowest BCUT2D eigenvalue weighted by Crippen LogP contribution is -2.55. The SMILES string of the molecule is C[C@H]1CN(c2ccnc(Cl)n2)CCN1C(=O)OC(C)(C)C. The van der Waals surface area contributed by atoms with Gasteiger partial charge < -0.3 is 14.5 Å². The van der Waals surface area contributed by atoms with Crippen molar-refractivity contribution in [2.75, 3.05) is 24.5 Å². The van der Waals surface area contributed by atoms with Gasteiger partial charge in [0.2, 0.25) is 5.28 Å². The smallest absolute Gasteiger partial charge is 0.410 e. The van der Waals surface area contributed by atoms with Gasteiger partial charge in [-0.2, -0.15) is 0 Å². The normalized spacial score (nSPS) is 19.6. The van der Waals surface area contributed by atoms with E-state index in [0.29, 0.717) is 19.6 Å². The van der Waals surface area contributed by atoms with E-state index in [9.17, 15) is 4.79 Å². The number of hydrogen-bond donors (Lipinski definition) is 0. The summed E-state index contributed by atoms with van der Waals surface area (Å²) in [7, 11) is 0. The van der Waals surface area contributed by atoms with Crippen LogP contribution in [0.4, 0.5) is 10.6 Å². The summed E-state index contributed by atoms with van der Waals surface area (Å²) in [5, 5.41) is 0.231. The van der Waals surface area contributed by atoms with Gasteiger partial charge in [-0.15, -0.1) is 0 Å². The zero-order valence-corrected chi connectivity index (χ0v) is 13.6. The summed E-state index contributed by atoms with van der Waals surface area (Å²) in [4.78, 5) is 24.1. The largest absolute Gasteiger partial charge is 0.444 e. The fourth-order valence-corrected chi connectivity index (χ4v) is 2.40. The van der Waals surface area contributed by atoms with Crippen molar-refractivity contribution in [3.8, 4) is 0 Å². The molecule has 0 spiro atoms. The zero-order chi connectivity index (χ0) is 15.6. The molecule has 1 aliphatic heterocycles. The second-order valence-corrected chi connectivity index (χ2v) is 6.49. The Hall–Kier alpha value is -1.56. The Bertz CT molecular complexity index is 518. The minimum atomic E-state index is -0.478. The molecule has 2 heterocycles. The maximum Gasteiger partial charge on any atom is 0.410 e. The molecule has 0 bridgehead atoms. The van der Waals surface area contributed by atoms with Gasteiger partial charge in [-0.3, -0.25) is 0 Å². The minimum Gasteiger partial charge on any atom is -0.444 e. The Labute approximate surface area is 130 Å². The van der Waals surface area contributed by atoms with Gasteiger partial charge in [0.1, 0.15) is 11.4 Å². The number of piperazine rings is 1. The van der Waals surface area contributed by atoms with E-state index in [1.165, 1.54) is 0 Å². The second kappa shape index (κ2) is 6.05. The molecule has 0 aromatic carbocycles. The monoisotopic (exact) mass is 312 g/mol. The Kier molecular flexibility index (Phi) is 4.56. The van der Waals surface area contributed by atoms with E-state index in [4.69, 9.17) is 16.3 Å². The molecule has 1 aliphatic rings. The number of anilines is 1. The first kappa shape index (κ1) is 15.8. The van der Waals surface area contributed by atoms with E-state index in [1.807, 2.05) is 33.8 Å². The van der Waals surface area contributed by atoms with E-state index >= 15 is 0 Å². The van der Waals surface area contributed by atoms with Gasteiger partial charge in [-0.05, 0) is 45.4 Å². The van der Waals surface area contributed by atoms with Crippen molar-refractivity contribution >= 4 is 23.5 Å². The van der Waals surface area contributed by atoms with Gasteiger partial charge in [-0.25, -0.2) is 14.8 Å². The Morgan fingerprint density at radius 1 is 1.43 bits per heavy atom. The molecule has 1 saturated heterocycles. The van der Waals surface area contributed by atoms with Crippen LogP contribution in [-0.2, 0) is 4.74 Å². The Balaban J connectivity index is 2.01. The van der Waals surface area contributed by atoms with Crippen molar-refractivity contribution < 1.29 is 9.53 Å². The van der Waals surface area contributed by atoms with Crippen LogP contribution >= 0.6 is 11.6 Å². The molecule has 1 aromatic rings. The molecular weight excluding hydrogens is 292 g/mol. The first-order valence-electron chi connectivity index (χ1n) is 6.99. The molecule has 0 aliphatic carbocycles. The van der Waals surface area contributed by atoms with Crippen molar-refractivity contribution in [3.05, 3.63) is 17.5 Å². The lowest BCUT2D eigenvalue weighted by atomic mass is 10.2. The third-order valence-electron chi connectivity index (χ3n) is 3.19. The molecule has 116 valence electrons. The highest BCUT2D eigenvalue weighted by molar-refractivity contribution is 6.28. The molecule has 1 atom stereocenters. The van der Waals surface area contributed by atoms with Crippen LogP contribution in [0.25, 0.3) is 0 Å². The summed E-state index contributed by atoms with van der Waals surface area (Å²) >= 11 is 5.82. The number of rotatable bonds is 1. The van der Waals surface area contributed by atoms with Crippen LogP contribution < -0.4 is 4.90 Å². The lowest BCUT2D eigenvalue weighted by Gasteiger charge is -2.40. The summed E-state index contributed by atoms with van der Waals surface area (Å²) in [6, 6.07) is 1.87. The van der Waals surface area contributed by atoms with Crippen molar-refractivity contribution in [2.24, 2.45) is 0 Å². The third-order valence-corrected chi connectivity index (χ3v) is 3.37. The average Bonchev–Trinajstić information content (AvgIpc) is 2.36. The highest BCUT2D eigenvalue weighted by Gasteiger charge is 2.31. The first-order chi connectivity index (χ1) is 9.76. The quantitative estimate of drug-likeness (QED) is 0.746. The van der Waals surface area contributed by atoms with E-state index in [2.05, 4.69) is 14.9 Å². The van der Waals surface area contributed by atoms with Gasteiger partial charge in [0, 0.05) is 31.9 Å². The number of aromatic nitrogens is 2. The molecule has 2 rings (SSSR count). The van der Waals surface area contributed by atoms with Gasteiger partial charge in [0.15, 0.2) is 0 Å². The van der Waals surface area contributed by atoms with E-state index < -0.39 is 5.60 Å². The highest BCUT2D eigenvalue weighted by atomic mass is 35.5. The summed E-state index contributed by atoms with van der Waals surface area (Å²) < 4.78 is 5.43. The number of ether oxygens (including phenoxy) is 1. The standard InChI is InChI=1S/C14H21ClN4O2/c1-10-9-18(11-5-6-16-12(15)17-11)7-8-19(10)13(20)21-14(2,3)4/h5-6,10H,7-9H2,1-4H3/t10-/m0/s1. The molecule has 1 aromatic heterocycles. The minimum absolute atomic E-state index is 0.0438. The van der Waals surface area contributed by atoms with Crippen molar-refractivity contribution in [1.29, 1.82) is 0 Å². The van der Waals surface area contributed by atoms with Crippen molar-refractivity contribution in [2.45, 2.75) is 39.3 Å². The van der Waals surface area contributed by atoms with Crippen LogP contribution in [0.5, 0.6) is 0 Å². The maximum atomic E-state index is 12.2. The molecule has 0 unspecified atom stereocenters. The van der Waals surface area contributed by atoms with Crippen LogP contribution in [0, 0.1) is 0 Å². The molecule has 6 nitrogen and oxygen atoms in total. The van der Waals surface area contributed by atoms with Crippen LogP contribution in [0.1, 0.15) is 27.7 Å². The number of nitrogens with zero attached hydrogens (tertiary/aromatic N) is 4. The first-order valence-corrected chi connectivity index (χ1v) is 7.37. The molecule has 7 heteroatoms. The Morgan fingerprint density at radius 2 is 2.14 bits per heavy atom. The van der Waals surface area contributed by atoms with Gasteiger partial charge in [0.05, 0.1) is 0 Å². The summed E-state index contributed by atoms with van der Waals surface area (Å²) in [5.41, 5.74) is -0.478. The van der Waals surface area contributed by atoms with Crippen molar-refractivity contribution in [1.82, 2.24) is 14.9 Å². The number of carbonyl (C=O) groups excluding carboxylic acids is 1. The molecule has 0 N–H and O–H groups in total. The molecular formula is C14H21ClN4O2. The van der Waals surface area contributed by atoms with Crippen LogP contribution in [0.3, 0.4) is 0 Å². The number of carbonyl (C=O) groups is 1. The van der Waals surface area contributed by atoms with Crippen LogP contribution in [0.15, 0.2) is 12.3 Å². The van der Waals surface area contributed by atoms with Gasteiger partial charge in [-0.1, -0.05) is 0 Å². The predicted molar refractivity (Wildman–Crippen MR) is 81.7 cm³/mol. The van der Waals surface area contributed by atoms with E-state index in [-0.39, 0.29) is 17.4 Å². The number of amides is 1. The average molecular weight is 313 g/mol. The molecule has 1 fully saturated rings. The van der Waals surface area contributed by atoms with E-state index in [1.54, 1.807) is 11.1 Å². The fraction of sp³-hybridized carbons (Fsp3) is 0.643. The number of hydrogen-bond acceptors (Lipinski definition) is 5. The third kappa shape index (κ3) is 4.20. The second-order valence-electron chi connectivity index (χ2n) is 6.15. The predicted octanol–water partition coefficient (Wildman–Crippen LogP) is 2.58. The maximum absolute atomic E-state index is 12.2. The van der Waals surface area contributed by atoms with Crippen LogP contribution in [0.2, 0.25) is 5.28 Å². The summed E-state index contributed by atoms with van der Waals surface area (Å²) in [6.45, 7) is 9.58. The molecule has 1 amide bonds. The molecule has 0 radical (unpaired) electrons. The van der Waals surface area contributed by atoms with Gasteiger partial charge in [0.25, 0.3) is 0 Å².